The molecule has 1 nitrogen and oxygen atoms in total. The van der Waals surface area contributed by atoms with Crippen LogP contribution in [0, 0.1) is 20.8 Å². The highest BCUT2D eigenvalue weighted by Gasteiger charge is 2.17. The van der Waals surface area contributed by atoms with E-state index in [0.29, 0.717) is 6.04 Å². The van der Waals surface area contributed by atoms with Gasteiger partial charge in [0.05, 0.1) is 6.04 Å². The second-order valence-corrected chi connectivity index (χ2v) is 6.09. The number of hydrogen-bond acceptors (Lipinski definition) is 2. The molecule has 1 unspecified atom stereocenters. The van der Waals surface area contributed by atoms with Gasteiger partial charge in [0, 0.05) is 9.75 Å². The van der Waals surface area contributed by atoms with Gasteiger partial charge in [-0.1, -0.05) is 36.8 Å². The van der Waals surface area contributed by atoms with Gasteiger partial charge in [0.15, 0.2) is 0 Å². The van der Waals surface area contributed by atoms with E-state index in [2.05, 4.69) is 63.3 Å². The number of benzene rings is 1. The monoisotopic (exact) mass is 259 g/mol. The molecule has 1 N–H and O–H groups in total. The summed E-state index contributed by atoms with van der Waals surface area (Å²) in [6.07, 6.45) is 0. The molecular formula is C16H21NS. The first-order valence-electron chi connectivity index (χ1n) is 6.48. The minimum atomic E-state index is 0.328. The van der Waals surface area contributed by atoms with Gasteiger partial charge in [-0.05, 0) is 44.5 Å². The summed E-state index contributed by atoms with van der Waals surface area (Å²) in [7, 11) is 0. The van der Waals surface area contributed by atoms with Gasteiger partial charge < -0.3 is 5.32 Å². The highest BCUT2D eigenvalue weighted by molar-refractivity contribution is 7.12. The van der Waals surface area contributed by atoms with Crippen LogP contribution in [0.25, 0.3) is 0 Å². The molecule has 2 rings (SSSR count). The highest BCUT2D eigenvalue weighted by atomic mass is 32.1. The van der Waals surface area contributed by atoms with Crippen molar-refractivity contribution < 1.29 is 0 Å². The Labute approximate surface area is 114 Å². The van der Waals surface area contributed by atoms with Gasteiger partial charge in [0.25, 0.3) is 0 Å². The quantitative estimate of drug-likeness (QED) is 0.859. The molecule has 1 aromatic carbocycles. The molecule has 0 amide bonds. The van der Waals surface area contributed by atoms with Crippen LogP contribution in [0.15, 0.2) is 30.3 Å². The van der Waals surface area contributed by atoms with Gasteiger partial charge in [-0.15, -0.1) is 11.3 Å². The van der Waals surface area contributed by atoms with Crippen molar-refractivity contribution in [2.24, 2.45) is 0 Å². The summed E-state index contributed by atoms with van der Waals surface area (Å²) in [4.78, 5) is 2.83. The Kier molecular flexibility index (Phi) is 4.20. The third kappa shape index (κ3) is 2.82. The zero-order chi connectivity index (χ0) is 13.1. The molecule has 0 aliphatic heterocycles. The molecule has 1 heterocycles. The molecule has 0 bridgehead atoms. The van der Waals surface area contributed by atoms with E-state index in [0.717, 1.165) is 6.54 Å². The number of hydrogen-bond donors (Lipinski definition) is 1. The van der Waals surface area contributed by atoms with Crippen molar-refractivity contribution in [3.05, 3.63) is 56.8 Å². The molecule has 2 aromatic rings. The fourth-order valence-electron chi connectivity index (χ4n) is 2.27. The van der Waals surface area contributed by atoms with Crippen LogP contribution >= 0.6 is 11.3 Å². The minimum absolute atomic E-state index is 0.328. The van der Waals surface area contributed by atoms with Crippen LogP contribution in [0.1, 0.15) is 39.4 Å². The average molecular weight is 259 g/mol. The lowest BCUT2D eigenvalue weighted by molar-refractivity contribution is 0.637. The van der Waals surface area contributed by atoms with Crippen molar-refractivity contribution in [2.75, 3.05) is 6.54 Å². The van der Waals surface area contributed by atoms with E-state index < -0.39 is 0 Å². The molecule has 0 fully saturated rings. The molecule has 0 saturated heterocycles. The number of nitrogens with one attached hydrogen (secondary N) is 1. The number of thiophene rings is 1. The maximum Gasteiger partial charge on any atom is 0.0673 e. The Bertz CT molecular complexity index is 510. The topological polar surface area (TPSA) is 12.0 Å². The summed E-state index contributed by atoms with van der Waals surface area (Å²) >= 11 is 1.90. The van der Waals surface area contributed by atoms with Gasteiger partial charge in [0.1, 0.15) is 0 Å². The predicted molar refractivity (Wildman–Crippen MR) is 80.5 cm³/mol. The Balaban J connectivity index is 2.39. The third-order valence-electron chi connectivity index (χ3n) is 3.16. The Morgan fingerprint density at radius 1 is 1.11 bits per heavy atom. The third-order valence-corrected chi connectivity index (χ3v) is 4.38. The molecule has 0 aliphatic carbocycles. The molecule has 1 atom stereocenters. The lowest BCUT2D eigenvalue weighted by atomic mass is 10.0. The first-order chi connectivity index (χ1) is 8.61. The van der Waals surface area contributed by atoms with Crippen LogP contribution < -0.4 is 5.32 Å². The summed E-state index contributed by atoms with van der Waals surface area (Å²) in [5, 5.41) is 3.60. The number of aryl methyl sites for hydroxylation is 3. The lowest BCUT2D eigenvalue weighted by Crippen LogP contribution is -2.21. The molecule has 0 saturated carbocycles. The van der Waals surface area contributed by atoms with Gasteiger partial charge >= 0.3 is 0 Å². The summed E-state index contributed by atoms with van der Waals surface area (Å²) in [5.41, 5.74) is 4.06. The molecular weight excluding hydrogens is 238 g/mol. The smallest absolute Gasteiger partial charge is 0.0673 e. The minimum Gasteiger partial charge on any atom is -0.306 e. The summed E-state index contributed by atoms with van der Waals surface area (Å²) in [6, 6.07) is 11.5. The maximum absolute atomic E-state index is 3.60. The molecule has 0 radical (unpaired) electrons. The van der Waals surface area contributed by atoms with E-state index in [1.54, 1.807) is 0 Å². The van der Waals surface area contributed by atoms with Gasteiger partial charge in [-0.3, -0.25) is 0 Å². The zero-order valence-corrected chi connectivity index (χ0v) is 12.4. The van der Waals surface area contributed by atoms with Gasteiger partial charge in [0.2, 0.25) is 0 Å². The van der Waals surface area contributed by atoms with Crippen LogP contribution in [-0.2, 0) is 0 Å². The van der Waals surface area contributed by atoms with E-state index in [9.17, 15) is 0 Å². The maximum atomic E-state index is 3.60. The van der Waals surface area contributed by atoms with Gasteiger partial charge in [-0.25, -0.2) is 0 Å². The van der Waals surface area contributed by atoms with E-state index in [-0.39, 0.29) is 0 Å². The Hall–Kier alpha value is -1.12. The van der Waals surface area contributed by atoms with Crippen molar-refractivity contribution in [1.82, 2.24) is 5.32 Å². The average Bonchev–Trinajstić information content (AvgIpc) is 2.67. The molecule has 18 heavy (non-hydrogen) atoms. The second kappa shape index (κ2) is 5.68. The van der Waals surface area contributed by atoms with Crippen LogP contribution in [0.5, 0.6) is 0 Å². The lowest BCUT2D eigenvalue weighted by Gasteiger charge is -2.18. The SMILES string of the molecule is CCNC(c1ccc(C)cc1)c1sc(C)cc1C. The summed E-state index contributed by atoms with van der Waals surface area (Å²) < 4.78 is 0. The molecule has 0 aliphatic rings. The molecule has 2 heteroatoms. The first-order valence-corrected chi connectivity index (χ1v) is 7.30. The van der Waals surface area contributed by atoms with Crippen LogP contribution in [0.3, 0.4) is 0 Å². The van der Waals surface area contributed by atoms with E-state index in [1.807, 2.05) is 11.3 Å². The van der Waals surface area contributed by atoms with E-state index >= 15 is 0 Å². The van der Waals surface area contributed by atoms with Crippen LogP contribution in [-0.4, -0.2) is 6.54 Å². The highest BCUT2D eigenvalue weighted by Crippen LogP contribution is 2.31. The van der Waals surface area contributed by atoms with Crippen molar-refractivity contribution in [1.29, 1.82) is 0 Å². The predicted octanol–water partition coefficient (Wildman–Crippen LogP) is 4.37. The summed E-state index contributed by atoms with van der Waals surface area (Å²) in [5.74, 6) is 0. The molecule has 0 spiro atoms. The second-order valence-electron chi connectivity index (χ2n) is 4.81. The molecule has 1 aromatic heterocycles. The fourth-order valence-corrected chi connectivity index (χ4v) is 3.41. The normalized spacial score (nSPS) is 12.7. The van der Waals surface area contributed by atoms with E-state index in [1.165, 1.54) is 26.4 Å². The molecule has 96 valence electrons. The van der Waals surface area contributed by atoms with Crippen molar-refractivity contribution in [2.45, 2.75) is 33.7 Å². The fraction of sp³-hybridized carbons (Fsp3) is 0.375. The van der Waals surface area contributed by atoms with Crippen molar-refractivity contribution in [3.8, 4) is 0 Å². The van der Waals surface area contributed by atoms with Gasteiger partial charge in [-0.2, -0.15) is 0 Å². The largest absolute Gasteiger partial charge is 0.306 e. The van der Waals surface area contributed by atoms with Crippen molar-refractivity contribution >= 4 is 11.3 Å². The standard InChI is InChI=1S/C16H21NS/c1-5-17-15(14-8-6-11(2)7-9-14)16-12(3)10-13(4)18-16/h6-10,15,17H,5H2,1-4H3. The number of rotatable bonds is 4. The first kappa shape index (κ1) is 13.3. The van der Waals surface area contributed by atoms with Crippen LogP contribution in [0.4, 0.5) is 0 Å². The Morgan fingerprint density at radius 3 is 2.28 bits per heavy atom. The van der Waals surface area contributed by atoms with Crippen LogP contribution in [0.2, 0.25) is 0 Å². The Morgan fingerprint density at radius 2 is 1.78 bits per heavy atom. The van der Waals surface area contributed by atoms with E-state index in [4.69, 9.17) is 0 Å². The zero-order valence-electron chi connectivity index (χ0n) is 11.6. The van der Waals surface area contributed by atoms with Crippen molar-refractivity contribution in [3.63, 3.8) is 0 Å². The summed E-state index contributed by atoms with van der Waals surface area (Å²) in [6.45, 7) is 9.66.